The molecule has 6 rings (SSSR count). The number of nitrogens with zero attached hydrogens (tertiary/aromatic N) is 1. The monoisotopic (exact) mass is 442 g/mol. The second kappa shape index (κ2) is 6.19. The van der Waals surface area contributed by atoms with Gasteiger partial charge in [0.2, 0.25) is 0 Å². The van der Waals surface area contributed by atoms with Gasteiger partial charge in [-0.05, 0) is 47.4 Å². The van der Waals surface area contributed by atoms with E-state index in [0.717, 1.165) is 38.2 Å². The molecule has 2 aliphatic heterocycles. The van der Waals surface area contributed by atoms with Crippen LogP contribution in [0.4, 0.5) is 15.8 Å². The highest BCUT2D eigenvalue weighted by atomic mass is 79.9. The standard InChI is InChI=1S/C25H16BrFN2/c26-20-8-2-1-7-19(20)23-14-16-13-17(27)11-12-18(16)25-28-21-9-3-5-15-6-4-10-22(24(15)21)29(23)25/h1-14,25,28H. The quantitative estimate of drug-likeness (QED) is 0.335. The zero-order valence-corrected chi connectivity index (χ0v) is 16.9. The number of hydrogen-bond acceptors (Lipinski definition) is 2. The molecule has 0 aliphatic carbocycles. The Labute approximate surface area is 176 Å². The Hall–Kier alpha value is -3.11. The summed E-state index contributed by atoms with van der Waals surface area (Å²) in [5.41, 5.74) is 6.33. The SMILES string of the molecule is Fc1ccc2c(c1)C=C(c1ccccc1Br)N1c3cccc4cccc(c34)NC21. The van der Waals surface area contributed by atoms with E-state index in [1.54, 1.807) is 6.07 Å². The zero-order chi connectivity index (χ0) is 19.5. The van der Waals surface area contributed by atoms with E-state index in [1.165, 1.54) is 16.8 Å². The van der Waals surface area contributed by atoms with Gasteiger partial charge < -0.3 is 10.2 Å². The van der Waals surface area contributed by atoms with Crippen LogP contribution in [-0.4, -0.2) is 0 Å². The first-order chi connectivity index (χ1) is 14.2. The number of rotatable bonds is 1. The molecule has 2 heterocycles. The summed E-state index contributed by atoms with van der Waals surface area (Å²) in [5, 5.41) is 6.11. The highest BCUT2D eigenvalue weighted by molar-refractivity contribution is 9.10. The topological polar surface area (TPSA) is 15.3 Å². The van der Waals surface area contributed by atoms with Crippen LogP contribution in [0, 0.1) is 5.82 Å². The average Bonchev–Trinajstić information content (AvgIpc) is 2.74. The van der Waals surface area contributed by atoms with Crippen molar-refractivity contribution >= 4 is 49.9 Å². The molecule has 0 aromatic heterocycles. The van der Waals surface area contributed by atoms with Gasteiger partial charge in [0.25, 0.3) is 0 Å². The van der Waals surface area contributed by atoms with Gasteiger partial charge in [-0.25, -0.2) is 4.39 Å². The Balaban J connectivity index is 1.69. The summed E-state index contributed by atoms with van der Waals surface area (Å²) in [6, 6.07) is 25.9. The van der Waals surface area contributed by atoms with Crippen molar-refractivity contribution in [1.82, 2.24) is 0 Å². The largest absolute Gasteiger partial charge is 0.361 e. The van der Waals surface area contributed by atoms with Crippen LogP contribution in [0.1, 0.15) is 22.9 Å². The van der Waals surface area contributed by atoms with Crippen molar-refractivity contribution in [1.29, 1.82) is 0 Å². The van der Waals surface area contributed by atoms with Gasteiger partial charge in [0, 0.05) is 26.7 Å². The van der Waals surface area contributed by atoms with Crippen molar-refractivity contribution in [3.05, 3.63) is 106 Å². The van der Waals surface area contributed by atoms with E-state index in [4.69, 9.17) is 0 Å². The Morgan fingerprint density at radius 3 is 2.59 bits per heavy atom. The van der Waals surface area contributed by atoms with E-state index >= 15 is 0 Å². The first-order valence-electron chi connectivity index (χ1n) is 9.54. The first kappa shape index (κ1) is 16.8. The van der Waals surface area contributed by atoms with Crippen molar-refractivity contribution in [2.75, 3.05) is 10.2 Å². The zero-order valence-electron chi connectivity index (χ0n) is 15.4. The van der Waals surface area contributed by atoms with E-state index in [2.05, 4.69) is 74.7 Å². The van der Waals surface area contributed by atoms with Crippen LogP contribution in [-0.2, 0) is 0 Å². The third-order valence-corrected chi connectivity index (χ3v) is 6.43. The summed E-state index contributed by atoms with van der Waals surface area (Å²) in [4.78, 5) is 2.33. The summed E-state index contributed by atoms with van der Waals surface area (Å²) in [7, 11) is 0. The second-order valence-electron chi connectivity index (χ2n) is 7.38. The van der Waals surface area contributed by atoms with Crippen LogP contribution < -0.4 is 10.2 Å². The van der Waals surface area contributed by atoms with Gasteiger partial charge >= 0.3 is 0 Å². The van der Waals surface area contributed by atoms with Gasteiger partial charge in [-0.3, -0.25) is 0 Å². The van der Waals surface area contributed by atoms with Crippen molar-refractivity contribution in [2.45, 2.75) is 6.17 Å². The lowest BCUT2D eigenvalue weighted by Gasteiger charge is -2.44. The Kier molecular flexibility index (Phi) is 3.59. The molecule has 1 atom stereocenters. The highest BCUT2D eigenvalue weighted by Gasteiger charge is 2.35. The number of nitrogens with one attached hydrogen (secondary N) is 1. The molecular formula is C25H16BrFN2. The molecule has 29 heavy (non-hydrogen) atoms. The van der Waals surface area contributed by atoms with Crippen LogP contribution in [0.5, 0.6) is 0 Å². The Morgan fingerprint density at radius 1 is 0.897 bits per heavy atom. The van der Waals surface area contributed by atoms with Crippen LogP contribution in [0.2, 0.25) is 0 Å². The minimum atomic E-state index is -0.224. The lowest BCUT2D eigenvalue weighted by molar-refractivity contribution is 0.625. The molecule has 140 valence electrons. The Morgan fingerprint density at radius 2 is 1.72 bits per heavy atom. The fourth-order valence-electron chi connectivity index (χ4n) is 4.49. The molecule has 4 heteroatoms. The van der Waals surface area contributed by atoms with E-state index in [1.807, 2.05) is 24.3 Å². The third-order valence-electron chi connectivity index (χ3n) is 5.74. The summed E-state index contributed by atoms with van der Waals surface area (Å²) in [5.74, 6) is -0.224. The molecule has 1 N–H and O–H groups in total. The van der Waals surface area contributed by atoms with Crippen LogP contribution in [0.3, 0.4) is 0 Å². The summed E-state index contributed by atoms with van der Waals surface area (Å²) in [6.07, 6.45) is 1.97. The normalized spacial score (nSPS) is 16.7. The lowest BCUT2D eigenvalue weighted by atomic mass is 9.91. The van der Waals surface area contributed by atoms with Crippen molar-refractivity contribution in [3.63, 3.8) is 0 Å². The van der Waals surface area contributed by atoms with Gasteiger partial charge in [-0.2, -0.15) is 0 Å². The van der Waals surface area contributed by atoms with E-state index in [9.17, 15) is 4.39 Å². The maximum Gasteiger partial charge on any atom is 0.131 e. The summed E-state index contributed by atoms with van der Waals surface area (Å²) < 4.78 is 15.1. The van der Waals surface area contributed by atoms with Crippen LogP contribution >= 0.6 is 15.9 Å². The molecule has 0 amide bonds. The molecule has 0 saturated carbocycles. The maximum atomic E-state index is 14.1. The number of benzene rings is 4. The smallest absolute Gasteiger partial charge is 0.131 e. The molecule has 0 saturated heterocycles. The predicted molar refractivity (Wildman–Crippen MR) is 121 cm³/mol. The molecule has 2 aliphatic rings. The van der Waals surface area contributed by atoms with Gasteiger partial charge in [0.15, 0.2) is 0 Å². The fourth-order valence-corrected chi connectivity index (χ4v) is 4.98. The predicted octanol–water partition coefficient (Wildman–Crippen LogP) is 7.18. The summed E-state index contributed by atoms with van der Waals surface area (Å²) >= 11 is 3.71. The third kappa shape index (κ3) is 2.45. The molecule has 0 spiro atoms. The van der Waals surface area contributed by atoms with Gasteiger partial charge in [0.05, 0.1) is 11.4 Å². The van der Waals surface area contributed by atoms with Crippen LogP contribution in [0.15, 0.2) is 83.3 Å². The number of halogens is 2. The molecule has 4 aromatic carbocycles. The van der Waals surface area contributed by atoms with E-state index in [0.29, 0.717) is 0 Å². The summed E-state index contributed by atoms with van der Waals surface area (Å²) in [6.45, 7) is 0. The highest BCUT2D eigenvalue weighted by Crippen LogP contribution is 2.50. The molecule has 1 unspecified atom stereocenters. The molecule has 2 nitrogen and oxygen atoms in total. The molecule has 4 aromatic rings. The number of hydrogen-bond donors (Lipinski definition) is 1. The van der Waals surface area contributed by atoms with Gasteiger partial charge in [-0.1, -0.05) is 64.5 Å². The number of fused-ring (bicyclic) bond motifs is 4. The number of anilines is 2. The van der Waals surface area contributed by atoms with Gasteiger partial charge in [0.1, 0.15) is 12.0 Å². The maximum absolute atomic E-state index is 14.1. The van der Waals surface area contributed by atoms with Crippen molar-refractivity contribution in [3.8, 4) is 0 Å². The second-order valence-corrected chi connectivity index (χ2v) is 8.23. The van der Waals surface area contributed by atoms with Crippen molar-refractivity contribution in [2.24, 2.45) is 0 Å². The molecule has 0 bridgehead atoms. The van der Waals surface area contributed by atoms with Gasteiger partial charge in [-0.15, -0.1) is 0 Å². The fraction of sp³-hybridized carbons (Fsp3) is 0.0400. The Bertz CT molecular complexity index is 1320. The van der Waals surface area contributed by atoms with E-state index < -0.39 is 0 Å². The minimum Gasteiger partial charge on any atom is -0.361 e. The van der Waals surface area contributed by atoms with Crippen LogP contribution in [0.25, 0.3) is 22.5 Å². The van der Waals surface area contributed by atoms with E-state index in [-0.39, 0.29) is 12.0 Å². The lowest BCUT2D eigenvalue weighted by Crippen LogP contribution is -2.38. The minimum absolute atomic E-state index is 0.113. The molecular weight excluding hydrogens is 427 g/mol. The molecule has 0 radical (unpaired) electrons. The van der Waals surface area contributed by atoms with Crippen molar-refractivity contribution < 1.29 is 4.39 Å². The molecule has 0 fully saturated rings. The average molecular weight is 443 g/mol. The first-order valence-corrected chi connectivity index (χ1v) is 10.3.